The van der Waals surface area contributed by atoms with Crippen LogP contribution in [-0.4, -0.2) is 18.4 Å². The maximum Gasteiger partial charge on any atom is 0.326 e. The zero-order valence-electron chi connectivity index (χ0n) is 8.79. The molecule has 4 nitrogen and oxygen atoms in total. The predicted molar refractivity (Wildman–Crippen MR) is 50.3 cm³/mol. The number of esters is 1. The van der Waals surface area contributed by atoms with Crippen LogP contribution < -0.4 is 0 Å². The second kappa shape index (κ2) is 5.38. The Bertz CT molecular complexity index is 267. The second-order valence-electron chi connectivity index (χ2n) is 3.37. The molecule has 0 aromatic carbocycles. The molecule has 78 valence electrons. The van der Waals surface area contributed by atoms with Gasteiger partial charge in [-0.15, -0.1) is 0 Å². The summed E-state index contributed by atoms with van der Waals surface area (Å²) in [4.78, 5) is 22.1. The molecule has 0 saturated heterocycles. The van der Waals surface area contributed by atoms with Crippen LogP contribution in [0.1, 0.15) is 33.6 Å². The molecule has 0 aromatic heterocycles. The van der Waals surface area contributed by atoms with Gasteiger partial charge in [0.2, 0.25) is 0 Å². The summed E-state index contributed by atoms with van der Waals surface area (Å²) >= 11 is 0. The maximum atomic E-state index is 11.4. The molecule has 4 heteroatoms. The molecule has 0 rings (SSSR count). The average molecular weight is 197 g/mol. The highest BCUT2D eigenvalue weighted by molar-refractivity contribution is 5.81. The molecule has 0 aliphatic rings. The van der Waals surface area contributed by atoms with E-state index < -0.39 is 11.4 Å². The zero-order valence-corrected chi connectivity index (χ0v) is 8.79. The molecule has 0 spiro atoms. The van der Waals surface area contributed by atoms with Gasteiger partial charge < -0.3 is 9.53 Å². The number of nitriles is 1. The Morgan fingerprint density at radius 1 is 1.50 bits per heavy atom. The lowest BCUT2D eigenvalue weighted by atomic mass is 9.86. The molecule has 0 amide bonds. The Labute approximate surface area is 83.9 Å². The Balaban J connectivity index is 4.40. The second-order valence-corrected chi connectivity index (χ2v) is 3.37. The summed E-state index contributed by atoms with van der Waals surface area (Å²) < 4.78 is 4.76. The van der Waals surface area contributed by atoms with Crippen molar-refractivity contribution in [1.29, 1.82) is 5.26 Å². The Morgan fingerprint density at radius 3 is 2.43 bits per heavy atom. The van der Waals surface area contributed by atoms with Gasteiger partial charge in [0.1, 0.15) is 5.78 Å². The molecule has 0 radical (unpaired) electrons. The fourth-order valence-corrected chi connectivity index (χ4v) is 0.920. The van der Waals surface area contributed by atoms with Crippen LogP contribution in [0, 0.1) is 16.7 Å². The first-order chi connectivity index (χ1) is 6.46. The third kappa shape index (κ3) is 3.56. The molecule has 14 heavy (non-hydrogen) atoms. The molecule has 0 aromatic rings. The Kier molecular flexibility index (Phi) is 4.85. The van der Waals surface area contributed by atoms with Crippen molar-refractivity contribution in [3.63, 3.8) is 0 Å². The number of carbonyl (C=O) groups is 2. The van der Waals surface area contributed by atoms with Gasteiger partial charge in [0, 0.05) is 6.42 Å². The van der Waals surface area contributed by atoms with Gasteiger partial charge in [-0.1, -0.05) is 0 Å². The van der Waals surface area contributed by atoms with Crippen LogP contribution in [0.4, 0.5) is 0 Å². The first kappa shape index (κ1) is 12.6. The van der Waals surface area contributed by atoms with Crippen molar-refractivity contribution < 1.29 is 14.3 Å². The summed E-state index contributed by atoms with van der Waals surface area (Å²) in [6.45, 7) is 4.85. The van der Waals surface area contributed by atoms with Crippen molar-refractivity contribution in [2.45, 2.75) is 33.6 Å². The van der Waals surface area contributed by atoms with E-state index in [2.05, 4.69) is 0 Å². The Hall–Kier alpha value is -1.37. The highest BCUT2D eigenvalue weighted by atomic mass is 16.5. The summed E-state index contributed by atoms with van der Waals surface area (Å²) in [6.07, 6.45) is 0.445. The molecule has 0 fully saturated rings. The minimum Gasteiger partial charge on any atom is -0.465 e. The minimum atomic E-state index is -1.19. The molecule has 0 unspecified atom stereocenters. The van der Waals surface area contributed by atoms with E-state index >= 15 is 0 Å². The van der Waals surface area contributed by atoms with Gasteiger partial charge in [0.05, 0.1) is 12.7 Å². The van der Waals surface area contributed by atoms with Crippen molar-refractivity contribution in [3.8, 4) is 6.07 Å². The first-order valence-corrected chi connectivity index (χ1v) is 4.54. The van der Waals surface area contributed by atoms with Crippen LogP contribution >= 0.6 is 0 Å². The third-order valence-corrected chi connectivity index (χ3v) is 1.95. The maximum absolute atomic E-state index is 11.4. The number of nitrogens with zero attached hydrogens (tertiary/aromatic N) is 1. The molecule has 0 saturated carbocycles. The van der Waals surface area contributed by atoms with Crippen molar-refractivity contribution in [1.82, 2.24) is 0 Å². The summed E-state index contributed by atoms with van der Waals surface area (Å²) in [7, 11) is 0. The van der Waals surface area contributed by atoms with Crippen LogP contribution in [0.25, 0.3) is 0 Å². The smallest absolute Gasteiger partial charge is 0.326 e. The van der Waals surface area contributed by atoms with Gasteiger partial charge in [-0.2, -0.15) is 5.26 Å². The van der Waals surface area contributed by atoms with Crippen molar-refractivity contribution in [2.75, 3.05) is 6.61 Å². The van der Waals surface area contributed by atoms with Crippen molar-refractivity contribution >= 4 is 11.8 Å². The molecule has 0 bridgehead atoms. The van der Waals surface area contributed by atoms with Crippen LogP contribution in [0.2, 0.25) is 0 Å². The normalized spacial score (nSPS) is 13.9. The topological polar surface area (TPSA) is 67.2 Å². The van der Waals surface area contributed by atoms with Crippen LogP contribution in [0.3, 0.4) is 0 Å². The van der Waals surface area contributed by atoms with E-state index in [9.17, 15) is 9.59 Å². The standard InChI is InChI=1S/C10H15NO3/c1-4-14-9(13)10(3,7-11)6-5-8(2)12/h4-6H2,1-3H3/t10-/m0/s1. The van der Waals surface area contributed by atoms with E-state index in [0.717, 1.165) is 0 Å². The fourth-order valence-electron chi connectivity index (χ4n) is 0.920. The lowest BCUT2D eigenvalue weighted by Crippen LogP contribution is -2.28. The van der Waals surface area contributed by atoms with Gasteiger partial charge in [-0.25, -0.2) is 0 Å². The third-order valence-electron chi connectivity index (χ3n) is 1.95. The van der Waals surface area contributed by atoms with Gasteiger partial charge in [-0.05, 0) is 27.2 Å². The molecule has 0 aliphatic heterocycles. The molecular weight excluding hydrogens is 182 g/mol. The number of hydrogen-bond donors (Lipinski definition) is 0. The van der Waals surface area contributed by atoms with Crippen LogP contribution in [0.5, 0.6) is 0 Å². The van der Waals surface area contributed by atoms with Gasteiger partial charge in [0.15, 0.2) is 5.41 Å². The van der Waals surface area contributed by atoms with E-state index in [1.165, 1.54) is 13.8 Å². The molecular formula is C10H15NO3. The number of hydrogen-bond acceptors (Lipinski definition) is 4. The number of Topliss-reactive ketones (excluding diaryl/α,β-unsaturated/α-hetero) is 1. The van der Waals surface area contributed by atoms with Gasteiger partial charge in [0.25, 0.3) is 0 Å². The lowest BCUT2D eigenvalue weighted by molar-refractivity contribution is -0.151. The molecule has 1 atom stereocenters. The zero-order chi connectivity index (χ0) is 11.2. The number of rotatable bonds is 5. The predicted octanol–water partition coefficient (Wildman–Crippen LogP) is 1.45. The van der Waals surface area contributed by atoms with E-state index in [0.29, 0.717) is 0 Å². The van der Waals surface area contributed by atoms with Crippen LogP contribution in [-0.2, 0) is 14.3 Å². The highest BCUT2D eigenvalue weighted by Gasteiger charge is 2.34. The highest BCUT2D eigenvalue weighted by Crippen LogP contribution is 2.24. The van der Waals surface area contributed by atoms with Crippen molar-refractivity contribution in [3.05, 3.63) is 0 Å². The van der Waals surface area contributed by atoms with E-state index in [1.807, 2.05) is 6.07 Å². The largest absolute Gasteiger partial charge is 0.465 e. The molecule has 0 heterocycles. The van der Waals surface area contributed by atoms with Crippen molar-refractivity contribution in [2.24, 2.45) is 5.41 Å². The Morgan fingerprint density at radius 2 is 2.07 bits per heavy atom. The number of ketones is 1. The summed E-state index contributed by atoms with van der Waals surface area (Å²) in [5, 5.41) is 8.83. The van der Waals surface area contributed by atoms with E-state index in [4.69, 9.17) is 10.00 Å². The van der Waals surface area contributed by atoms with Crippen LogP contribution in [0.15, 0.2) is 0 Å². The van der Waals surface area contributed by atoms with Gasteiger partial charge in [-0.3, -0.25) is 4.79 Å². The van der Waals surface area contributed by atoms with E-state index in [1.54, 1.807) is 6.92 Å². The van der Waals surface area contributed by atoms with E-state index in [-0.39, 0.29) is 25.2 Å². The quantitative estimate of drug-likeness (QED) is 0.625. The summed E-state index contributed by atoms with van der Waals surface area (Å²) in [6, 6.07) is 1.89. The summed E-state index contributed by atoms with van der Waals surface area (Å²) in [5.41, 5.74) is -1.19. The number of ether oxygens (including phenoxy) is 1. The summed E-state index contributed by atoms with van der Waals surface area (Å²) in [5.74, 6) is -0.584. The minimum absolute atomic E-state index is 0.0317. The van der Waals surface area contributed by atoms with Gasteiger partial charge >= 0.3 is 5.97 Å². The number of carbonyl (C=O) groups excluding carboxylic acids is 2. The average Bonchev–Trinajstić information content (AvgIpc) is 2.14. The molecule has 0 aliphatic carbocycles. The first-order valence-electron chi connectivity index (χ1n) is 4.54. The fraction of sp³-hybridized carbons (Fsp3) is 0.700. The monoisotopic (exact) mass is 197 g/mol. The lowest BCUT2D eigenvalue weighted by Gasteiger charge is -2.18. The SMILES string of the molecule is CCOC(=O)[C@](C)(C#N)CCC(C)=O. The molecule has 0 N–H and O–H groups in total.